The molecule has 2 aliphatic heterocycles. The first-order valence-corrected chi connectivity index (χ1v) is 6.51. The van der Waals surface area contributed by atoms with Gasteiger partial charge in [0, 0.05) is 18.2 Å². The van der Waals surface area contributed by atoms with Crippen LogP contribution >= 0.6 is 0 Å². The van der Waals surface area contributed by atoms with E-state index in [2.05, 4.69) is 5.32 Å². The molecule has 2 unspecified atom stereocenters. The van der Waals surface area contributed by atoms with Crippen LogP contribution in [0.15, 0.2) is 18.2 Å². The number of benzene rings is 1. The van der Waals surface area contributed by atoms with Crippen LogP contribution in [-0.2, 0) is 11.3 Å². The number of hydrogen-bond acceptors (Lipinski definition) is 2. The SMILES string of the molecule is Fc1cc(F)cc(COC2CC3CCC(C2)N3)c1. The third-order valence-corrected chi connectivity index (χ3v) is 3.84. The van der Waals surface area contributed by atoms with E-state index >= 15 is 0 Å². The van der Waals surface area contributed by atoms with Gasteiger partial charge in [-0.3, -0.25) is 0 Å². The summed E-state index contributed by atoms with van der Waals surface area (Å²) in [6, 6.07) is 4.68. The van der Waals surface area contributed by atoms with E-state index in [0.29, 0.717) is 24.3 Å². The normalized spacial score (nSPS) is 30.7. The lowest BCUT2D eigenvalue weighted by atomic mass is 10.0. The van der Waals surface area contributed by atoms with Gasteiger partial charge in [0.05, 0.1) is 12.7 Å². The van der Waals surface area contributed by atoms with Crippen molar-refractivity contribution in [2.24, 2.45) is 0 Å². The second-order valence-corrected chi connectivity index (χ2v) is 5.32. The van der Waals surface area contributed by atoms with Crippen LogP contribution in [0, 0.1) is 11.6 Å². The fourth-order valence-corrected chi connectivity index (χ4v) is 3.05. The number of hydrogen-bond donors (Lipinski definition) is 1. The van der Waals surface area contributed by atoms with Gasteiger partial charge in [-0.25, -0.2) is 8.78 Å². The smallest absolute Gasteiger partial charge is 0.126 e. The van der Waals surface area contributed by atoms with Crippen molar-refractivity contribution in [1.82, 2.24) is 5.32 Å². The molecule has 0 saturated carbocycles. The third-order valence-electron chi connectivity index (χ3n) is 3.84. The minimum atomic E-state index is -0.543. The zero-order chi connectivity index (χ0) is 12.5. The van der Waals surface area contributed by atoms with Crippen molar-refractivity contribution in [3.05, 3.63) is 35.4 Å². The Balaban J connectivity index is 1.57. The highest BCUT2D eigenvalue weighted by molar-refractivity contribution is 5.17. The van der Waals surface area contributed by atoms with Crippen LogP contribution in [0.5, 0.6) is 0 Å². The van der Waals surface area contributed by atoms with Crippen LogP contribution in [0.25, 0.3) is 0 Å². The van der Waals surface area contributed by atoms with E-state index in [1.54, 1.807) is 0 Å². The van der Waals surface area contributed by atoms with E-state index < -0.39 is 11.6 Å². The molecule has 2 nitrogen and oxygen atoms in total. The molecule has 1 aromatic carbocycles. The summed E-state index contributed by atoms with van der Waals surface area (Å²) in [6.45, 7) is 0.290. The fourth-order valence-electron chi connectivity index (χ4n) is 3.05. The Morgan fingerprint density at radius 3 is 2.28 bits per heavy atom. The molecule has 0 spiro atoms. The van der Waals surface area contributed by atoms with Gasteiger partial charge >= 0.3 is 0 Å². The highest BCUT2D eigenvalue weighted by Gasteiger charge is 2.33. The monoisotopic (exact) mass is 253 g/mol. The van der Waals surface area contributed by atoms with E-state index in [1.807, 2.05) is 0 Å². The summed E-state index contributed by atoms with van der Waals surface area (Å²) in [4.78, 5) is 0. The summed E-state index contributed by atoms with van der Waals surface area (Å²) in [5.74, 6) is -1.09. The molecule has 18 heavy (non-hydrogen) atoms. The Kier molecular flexibility index (Phi) is 3.31. The van der Waals surface area contributed by atoms with Crippen LogP contribution in [0.4, 0.5) is 8.78 Å². The lowest BCUT2D eigenvalue weighted by molar-refractivity contribution is 0.00897. The summed E-state index contributed by atoms with van der Waals surface area (Å²) >= 11 is 0. The molecular weight excluding hydrogens is 236 g/mol. The molecule has 2 aliphatic rings. The topological polar surface area (TPSA) is 21.3 Å². The Morgan fingerprint density at radius 2 is 1.67 bits per heavy atom. The maximum Gasteiger partial charge on any atom is 0.126 e. The predicted molar refractivity (Wildman–Crippen MR) is 64.1 cm³/mol. The van der Waals surface area contributed by atoms with Gasteiger partial charge in [-0.15, -0.1) is 0 Å². The van der Waals surface area contributed by atoms with Gasteiger partial charge in [-0.1, -0.05) is 0 Å². The molecule has 3 rings (SSSR count). The van der Waals surface area contributed by atoms with Crippen molar-refractivity contribution in [3.63, 3.8) is 0 Å². The van der Waals surface area contributed by atoms with E-state index in [1.165, 1.54) is 25.0 Å². The van der Waals surface area contributed by atoms with Crippen molar-refractivity contribution in [2.45, 2.75) is 50.5 Å². The number of ether oxygens (including phenoxy) is 1. The van der Waals surface area contributed by atoms with E-state index in [4.69, 9.17) is 4.74 Å². The van der Waals surface area contributed by atoms with Crippen molar-refractivity contribution in [2.75, 3.05) is 0 Å². The van der Waals surface area contributed by atoms with Crippen LogP contribution in [0.2, 0.25) is 0 Å². The lowest BCUT2D eigenvalue weighted by Gasteiger charge is -2.29. The van der Waals surface area contributed by atoms with E-state index in [9.17, 15) is 8.78 Å². The van der Waals surface area contributed by atoms with Gasteiger partial charge in [-0.2, -0.15) is 0 Å². The second-order valence-electron chi connectivity index (χ2n) is 5.32. The molecule has 0 radical (unpaired) electrons. The largest absolute Gasteiger partial charge is 0.373 e. The maximum absolute atomic E-state index is 13.0. The van der Waals surface area contributed by atoms with Crippen molar-refractivity contribution < 1.29 is 13.5 Å². The molecule has 2 heterocycles. The molecule has 98 valence electrons. The first-order valence-electron chi connectivity index (χ1n) is 6.51. The standard InChI is InChI=1S/C14H17F2NO/c15-10-3-9(4-11(16)5-10)8-18-14-6-12-1-2-13(7-14)17-12/h3-5,12-14,17H,1-2,6-8H2. The number of piperidine rings is 1. The van der Waals surface area contributed by atoms with Crippen LogP contribution in [-0.4, -0.2) is 18.2 Å². The molecule has 2 atom stereocenters. The van der Waals surface area contributed by atoms with Crippen LogP contribution in [0.1, 0.15) is 31.2 Å². The Labute approximate surface area is 105 Å². The molecule has 0 aromatic heterocycles. The predicted octanol–water partition coefficient (Wildman–Crippen LogP) is 2.76. The number of halogens is 2. The molecule has 1 N–H and O–H groups in total. The van der Waals surface area contributed by atoms with Crippen molar-refractivity contribution in [3.8, 4) is 0 Å². The summed E-state index contributed by atoms with van der Waals surface area (Å²) in [5.41, 5.74) is 0.568. The van der Waals surface area contributed by atoms with Crippen molar-refractivity contribution in [1.29, 1.82) is 0 Å². The van der Waals surface area contributed by atoms with Gasteiger partial charge in [-0.05, 0) is 43.4 Å². The van der Waals surface area contributed by atoms with Crippen LogP contribution < -0.4 is 5.32 Å². The Hall–Kier alpha value is -1.00. The quantitative estimate of drug-likeness (QED) is 0.894. The molecule has 2 fully saturated rings. The first-order chi connectivity index (χ1) is 8.69. The molecular formula is C14H17F2NO. The van der Waals surface area contributed by atoms with Gasteiger partial charge in [0.25, 0.3) is 0 Å². The van der Waals surface area contributed by atoms with Crippen LogP contribution in [0.3, 0.4) is 0 Å². The van der Waals surface area contributed by atoms with E-state index in [0.717, 1.165) is 18.9 Å². The Bertz CT molecular complexity index is 406. The molecule has 1 aromatic rings. The third kappa shape index (κ3) is 2.70. The highest BCUT2D eigenvalue weighted by atomic mass is 19.1. The zero-order valence-corrected chi connectivity index (χ0v) is 10.2. The minimum Gasteiger partial charge on any atom is -0.373 e. The van der Waals surface area contributed by atoms with Crippen molar-refractivity contribution >= 4 is 0 Å². The average molecular weight is 253 g/mol. The number of nitrogens with one attached hydrogen (secondary N) is 1. The first kappa shape index (κ1) is 12.1. The minimum absolute atomic E-state index is 0.218. The summed E-state index contributed by atoms with van der Waals surface area (Å²) in [5, 5.41) is 3.54. The van der Waals surface area contributed by atoms with Gasteiger partial charge in [0.1, 0.15) is 11.6 Å². The maximum atomic E-state index is 13.0. The summed E-state index contributed by atoms with van der Waals surface area (Å²) in [6.07, 6.45) is 4.68. The zero-order valence-electron chi connectivity index (χ0n) is 10.2. The fraction of sp³-hybridized carbons (Fsp3) is 0.571. The second kappa shape index (κ2) is 4.94. The molecule has 0 aliphatic carbocycles. The highest BCUT2D eigenvalue weighted by Crippen LogP contribution is 2.29. The van der Waals surface area contributed by atoms with Gasteiger partial charge in [0.15, 0.2) is 0 Å². The number of rotatable bonds is 3. The summed E-state index contributed by atoms with van der Waals surface area (Å²) in [7, 11) is 0. The number of fused-ring (bicyclic) bond motifs is 2. The Morgan fingerprint density at radius 1 is 1.06 bits per heavy atom. The van der Waals surface area contributed by atoms with E-state index in [-0.39, 0.29) is 6.10 Å². The van der Waals surface area contributed by atoms with Gasteiger partial charge in [0.2, 0.25) is 0 Å². The average Bonchev–Trinajstić information content (AvgIpc) is 2.65. The summed E-state index contributed by atoms with van der Waals surface area (Å²) < 4.78 is 31.8. The molecule has 0 amide bonds. The molecule has 2 saturated heterocycles. The molecule has 2 bridgehead atoms. The lowest BCUT2D eigenvalue weighted by Crippen LogP contribution is -2.41. The molecule has 4 heteroatoms. The van der Waals surface area contributed by atoms with Gasteiger partial charge < -0.3 is 10.1 Å².